The summed E-state index contributed by atoms with van der Waals surface area (Å²) in [7, 11) is 1.71. The van der Waals surface area contributed by atoms with E-state index in [0.717, 1.165) is 46.2 Å². The molecule has 5 rings (SSSR count). The lowest BCUT2D eigenvalue weighted by molar-refractivity contribution is -0.0142. The molecule has 24 heavy (non-hydrogen) atoms. The lowest BCUT2D eigenvalue weighted by Gasteiger charge is -2.54. The lowest BCUT2D eigenvalue weighted by Crippen LogP contribution is -2.54. The van der Waals surface area contributed by atoms with Crippen molar-refractivity contribution >= 4 is 15.9 Å². The predicted octanol–water partition coefficient (Wildman–Crippen LogP) is 4.77. The maximum atomic E-state index is 5.69. The second-order valence-corrected chi connectivity index (χ2v) is 8.73. The zero-order valence-electron chi connectivity index (χ0n) is 14.7. The van der Waals surface area contributed by atoms with Gasteiger partial charge >= 0.3 is 0 Å². The zero-order chi connectivity index (χ0) is 16.7. The van der Waals surface area contributed by atoms with Crippen LogP contribution in [-0.4, -0.2) is 19.8 Å². The molecule has 3 nitrogen and oxygen atoms in total. The number of ether oxygens (including phenoxy) is 2. The van der Waals surface area contributed by atoms with Gasteiger partial charge in [0, 0.05) is 12.6 Å². The van der Waals surface area contributed by atoms with Gasteiger partial charge in [0.25, 0.3) is 0 Å². The summed E-state index contributed by atoms with van der Waals surface area (Å²) in [6.45, 7) is 3.54. The molecule has 1 aromatic rings. The van der Waals surface area contributed by atoms with Crippen molar-refractivity contribution in [3.8, 4) is 11.5 Å². The van der Waals surface area contributed by atoms with Gasteiger partial charge in [0.2, 0.25) is 0 Å². The van der Waals surface area contributed by atoms with Gasteiger partial charge in [0.05, 0.1) is 18.2 Å². The maximum absolute atomic E-state index is 5.69. The first-order valence-corrected chi connectivity index (χ1v) is 10.2. The van der Waals surface area contributed by atoms with Crippen molar-refractivity contribution in [2.24, 2.45) is 23.7 Å². The Balaban J connectivity index is 1.45. The second kappa shape index (κ2) is 6.87. The summed E-state index contributed by atoms with van der Waals surface area (Å²) in [5, 5.41) is 3.89. The summed E-state index contributed by atoms with van der Waals surface area (Å²) in [4.78, 5) is 0. The number of halogens is 1. The van der Waals surface area contributed by atoms with Crippen LogP contribution in [0, 0.1) is 23.7 Å². The monoisotopic (exact) mass is 393 g/mol. The van der Waals surface area contributed by atoms with Crippen molar-refractivity contribution in [3.63, 3.8) is 0 Å². The van der Waals surface area contributed by atoms with Crippen LogP contribution in [0.25, 0.3) is 0 Å². The lowest BCUT2D eigenvalue weighted by atomic mass is 9.54. The first kappa shape index (κ1) is 16.7. The molecule has 132 valence electrons. The molecule has 4 fully saturated rings. The largest absolute Gasteiger partial charge is 0.493 e. The number of hydrogen-bond acceptors (Lipinski definition) is 3. The quantitative estimate of drug-likeness (QED) is 0.754. The van der Waals surface area contributed by atoms with Crippen LogP contribution in [0.2, 0.25) is 0 Å². The number of benzene rings is 1. The minimum Gasteiger partial charge on any atom is -0.493 e. The molecule has 0 amide bonds. The number of nitrogens with one attached hydrogen (secondary N) is 1. The van der Waals surface area contributed by atoms with E-state index in [1.165, 1.54) is 37.7 Å². The fourth-order valence-corrected chi connectivity index (χ4v) is 6.26. The van der Waals surface area contributed by atoms with E-state index in [2.05, 4.69) is 33.4 Å². The highest BCUT2D eigenvalue weighted by Gasteiger charge is 2.47. The Hall–Kier alpha value is -0.740. The standard InChI is InChI=1S/C20H28BrNO2/c1-3-24-20-17(21)9-14(10-18(20)23-2)11-22-19-15-5-12-4-13(7-15)8-16(19)6-12/h9-10,12-13,15-16,19,22H,3-8,11H2,1-2H3. The summed E-state index contributed by atoms with van der Waals surface area (Å²) in [5.74, 6) is 5.51. The number of hydrogen-bond donors (Lipinski definition) is 1. The Morgan fingerprint density at radius 1 is 1.08 bits per heavy atom. The molecule has 4 saturated carbocycles. The highest BCUT2D eigenvalue weighted by atomic mass is 79.9. The van der Waals surface area contributed by atoms with Crippen LogP contribution in [0.5, 0.6) is 11.5 Å². The van der Waals surface area contributed by atoms with E-state index in [-0.39, 0.29) is 0 Å². The molecule has 0 unspecified atom stereocenters. The third kappa shape index (κ3) is 3.08. The van der Waals surface area contributed by atoms with Gasteiger partial charge in [-0.05, 0) is 96.3 Å². The molecule has 4 aliphatic rings. The fourth-order valence-electron chi connectivity index (χ4n) is 5.65. The molecular formula is C20H28BrNO2. The molecular weight excluding hydrogens is 366 g/mol. The van der Waals surface area contributed by atoms with Crippen LogP contribution in [0.1, 0.15) is 44.6 Å². The molecule has 4 heteroatoms. The van der Waals surface area contributed by atoms with E-state index in [1.54, 1.807) is 7.11 Å². The van der Waals surface area contributed by atoms with Crippen LogP contribution < -0.4 is 14.8 Å². The van der Waals surface area contributed by atoms with Crippen LogP contribution in [0.15, 0.2) is 16.6 Å². The average Bonchev–Trinajstić information content (AvgIpc) is 2.55. The van der Waals surface area contributed by atoms with Gasteiger partial charge < -0.3 is 14.8 Å². The maximum Gasteiger partial charge on any atom is 0.175 e. The smallest absolute Gasteiger partial charge is 0.175 e. The van der Waals surface area contributed by atoms with Crippen molar-refractivity contribution < 1.29 is 9.47 Å². The highest BCUT2D eigenvalue weighted by molar-refractivity contribution is 9.10. The minimum absolute atomic E-state index is 0.639. The molecule has 0 atom stereocenters. The molecule has 0 spiro atoms. The first-order valence-electron chi connectivity index (χ1n) is 9.40. The predicted molar refractivity (Wildman–Crippen MR) is 99.5 cm³/mol. The van der Waals surface area contributed by atoms with Crippen LogP contribution in [-0.2, 0) is 6.54 Å². The van der Waals surface area contributed by atoms with E-state index < -0.39 is 0 Å². The Kier molecular flexibility index (Phi) is 4.79. The van der Waals surface area contributed by atoms with Crippen molar-refractivity contribution in [2.75, 3.05) is 13.7 Å². The molecule has 0 aromatic heterocycles. The summed E-state index contributed by atoms with van der Waals surface area (Å²) < 4.78 is 12.2. The molecule has 1 N–H and O–H groups in total. The van der Waals surface area contributed by atoms with Crippen molar-refractivity contribution in [3.05, 3.63) is 22.2 Å². The zero-order valence-corrected chi connectivity index (χ0v) is 16.3. The molecule has 1 aromatic carbocycles. The van der Waals surface area contributed by atoms with Crippen molar-refractivity contribution in [2.45, 2.75) is 51.6 Å². The van der Waals surface area contributed by atoms with E-state index >= 15 is 0 Å². The van der Waals surface area contributed by atoms with Crippen molar-refractivity contribution in [1.82, 2.24) is 5.32 Å². The SMILES string of the molecule is CCOc1c(Br)cc(CNC2C3CC4CC(C3)CC2C4)cc1OC. The molecule has 4 bridgehead atoms. The summed E-state index contributed by atoms with van der Waals surface area (Å²) >= 11 is 3.64. The van der Waals surface area contributed by atoms with Gasteiger partial charge in [0.1, 0.15) is 0 Å². The van der Waals surface area contributed by atoms with Gasteiger partial charge in [-0.3, -0.25) is 0 Å². The van der Waals surface area contributed by atoms with E-state index in [9.17, 15) is 0 Å². The molecule has 0 heterocycles. The van der Waals surface area contributed by atoms with Crippen LogP contribution in [0.4, 0.5) is 0 Å². The third-order valence-corrected chi connectivity index (χ3v) is 6.94. The van der Waals surface area contributed by atoms with E-state index in [0.29, 0.717) is 12.6 Å². The Morgan fingerprint density at radius 3 is 2.33 bits per heavy atom. The van der Waals surface area contributed by atoms with Crippen LogP contribution >= 0.6 is 15.9 Å². The second-order valence-electron chi connectivity index (χ2n) is 7.88. The normalized spacial score (nSPS) is 33.7. The van der Waals surface area contributed by atoms with Gasteiger partial charge in [0.15, 0.2) is 11.5 Å². The van der Waals surface area contributed by atoms with Crippen molar-refractivity contribution in [1.29, 1.82) is 0 Å². The third-order valence-electron chi connectivity index (χ3n) is 6.35. The van der Waals surface area contributed by atoms with Gasteiger partial charge in [-0.2, -0.15) is 0 Å². The molecule has 4 aliphatic carbocycles. The topological polar surface area (TPSA) is 30.5 Å². The Bertz CT molecular complexity index is 576. The highest BCUT2D eigenvalue weighted by Crippen LogP contribution is 2.53. The summed E-state index contributed by atoms with van der Waals surface area (Å²) in [6.07, 6.45) is 7.35. The fraction of sp³-hybridized carbons (Fsp3) is 0.700. The number of rotatable bonds is 6. The first-order chi connectivity index (χ1) is 11.7. The average molecular weight is 394 g/mol. The Labute approximate surface area is 153 Å². The number of methoxy groups -OCH3 is 1. The Morgan fingerprint density at radius 2 is 1.75 bits per heavy atom. The van der Waals surface area contributed by atoms with Gasteiger partial charge in [-0.15, -0.1) is 0 Å². The minimum atomic E-state index is 0.639. The van der Waals surface area contributed by atoms with Gasteiger partial charge in [-0.25, -0.2) is 0 Å². The van der Waals surface area contributed by atoms with E-state index in [4.69, 9.17) is 9.47 Å². The molecule has 0 aliphatic heterocycles. The van der Waals surface area contributed by atoms with Crippen LogP contribution in [0.3, 0.4) is 0 Å². The molecule has 0 radical (unpaired) electrons. The van der Waals surface area contributed by atoms with E-state index in [1.807, 2.05) is 6.92 Å². The molecule has 0 saturated heterocycles. The summed E-state index contributed by atoms with van der Waals surface area (Å²) in [6, 6.07) is 4.99. The summed E-state index contributed by atoms with van der Waals surface area (Å²) in [5.41, 5.74) is 1.26. The van der Waals surface area contributed by atoms with Gasteiger partial charge in [-0.1, -0.05) is 0 Å².